The number of hydrogen-bond donors (Lipinski definition) is 2. The Bertz CT molecular complexity index is 492. The molecule has 2 rings (SSSR count). The lowest BCUT2D eigenvalue weighted by atomic mass is 9.85. The van der Waals surface area contributed by atoms with Crippen LogP contribution in [0.4, 0.5) is 5.00 Å². The summed E-state index contributed by atoms with van der Waals surface area (Å²) in [4.78, 5) is 24.2. The van der Waals surface area contributed by atoms with E-state index in [4.69, 9.17) is 10.5 Å². The van der Waals surface area contributed by atoms with E-state index in [0.717, 1.165) is 25.7 Å². The topological polar surface area (TPSA) is 81.4 Å². The quantitative estimate of drug-likeness (QED) is 0.817. The summed E-state index contributed by atoms with van der Waals surface area (Å²) in [5.41, 5.74) is 5.73. The second kappa shape index (κ2) is 6.37. The molecule has 1 aliphatic rings. The first-order valence-corrected chi connectivity index (χ1v) is 7.77. The van der Waals surface area contributed by atoms with Crippen LogP contribution in [-0.4, -0.2) is 25.0 Å². The second-order valence-electron chi connectivity index (χ2n) is 5.03. The standard InChI is InChI=1S/C14H20N2O3S/c1-2-19-12(17)10-5-8-20-11(10)16-13(18)14(9-15)6-3-4-7-14/h5,8H,2-4,6-7,9,15H2,1H3,(H,16,18). The lowest BCUT2D eigenvalue weighted by Crippen LogP contribution is -2.40. The minimum atomic E-state index is -0.476. The van der Waals surface area contributed by atoms with Gasteiger partial charge in [-0.1, -0.05) is 12.8 Å². The highest BCUT2D eigenvalue weighted by Crippen LogP contribution is 2.39. The predicted molar refractivity (Wildman–Crippen MR) is 78.9 cm³/mol. The first-order valence-electron chi connectivity index (χ1n) is 6.89. The Hall–Kier alpha value is -1.40. The number of amides is 1. The average Bonchev–Trinajstić information content (AvgIpc) is 3.08. The molecule has 1 aromatic heterocycles. The van der Waals surface area contributed by atoms with Crippen LogP contribution >= 0.6 is 11.3 Å². The van der Waals surface area contributed by atoms with Gasteiger partial charge in [-0.15, -0.1) is 11.3 Å². The number of nitrogens with two attached hydrogens (primary N) is 1. The highest BCUT2D eigenvalue weighted by molar-refractivity contribution is 7.14. The van der Waals surface area contributed by atoms with Gasteiger partial charge >= 0.3 is 5.97 Å². The van der Waals surface area contributed by atoms with E-state index in [9.17, 15) is 9.59 Å². The molecule has 0 radical (unpaired) electrons. The number of thiophene rings is 1. The molecule has 110 valence electrons. The molecular formula is C14H20N2O3S. The molecular weight excluding hydrogens is 276 g/mol. The third kappa shape index (κ3) is 2.86. The van der Waals surface area contributed by atoms with Crippen molar-refractivity contribution in [1.29, 1.82) is 0 Å². The maximum absolute atomic E-state index is 12.5. The first-order chi connectivity index (χ1) is 9.63. The van der Waals surface area contributed by atoms with Crippen molar-refractivity contribution in [2.24, 2.45) is 11.1 Å². The summed E-state index contributed by atoms with van der Waals surface area (Å²) < 4.78 is 4.98. The highest BCUT2D eigenvalue weighted by Gasteiger charge is 2.40. The third-order valence-electron chi connectivity index (χ3n) is 3.82. The van der Waals surface area contributed by atoms with Gasteiger partial charge in [0, 0.05) is 6.54 Å². The first kappa shape index (κ1) is 15.0. The molecule has 5 nitrogen and oxygen atoms in total. The van der Waals surface area contributed by atoms with Crippen LogP contribution in [0.2, 0.25) is 0 Å². The fourth-order valence-electron chi connectivity index (χ4n) is 2.59. The van der Waals surface area contributed by atoms with E-state index < -0.39 is 11.4 Å². The summed E-state index contributed by atoms with van der Waals surface area (Å²) in [5, 5.41) is 5.18. The molecule has 0 saturated heterocycles. The van der Waals surface area contributed by atoms with Gasteiger partial charge in [0.05, 0.1) is 17.6 Å². The number of nitrogens with one attached hydrogen (secondary N) is 1. The Labute approximate surface area is 122 Å². The average molecular weight is 296 g/mol. The molecule has 0 unspecified atom stereocenters. The fraction of sp³-hybridized carbons (Fsp3) is 0.571. The molecule has 1 heterocycles. The van der Waals surface area contributed by atoms with Crippen molar-refractivity contribution in [3.8, 4) is 0 Å². The number of ether oxygens (including phenoxy) is 1. The number of hydrogen-bond acceptors (Lipinski definition) is 5. The predicted octanol–water partition coefficient (Wildman–Crippen LogP) is 2.38. The van der Waals surface area contributed by atoms with Gasteiger partial charge in [0.1, 0.15) is 5.00 Å². The maximum atomic E-state index is 12.5. The van der Waals surface area contributed by atoms with Gasteiger partial charge in [0.2, 0.25) is 5.91 Å². The van der Waals surface area contributed by atoms with Gasteiger partial charge in [0.15, 0.2) is 0 Å². The highest BCUT2D eigenvalue weighted by atomic mass is 32.1. The summed E-state index contributed by atoms with van der Waals surface area (Å²) in [7, 11) is 0. The van der Waals surface area contributed by atoms with E-state index in [1.165, 1.54) is 11.3 Å². The number of carbonyl (C=O) groups is 2. The summed E-state index contributed by atoms with van der Waals surface area (Å²) in [6, 6.07) is 1.67. The van der Waals surface area contributed by atoms with Crippen molar-refractivity contribution in [1.82, 2.24) is 0 Å². The SMILES string of the molecule is CCOC(=O)c1ccsc1NC(=O)C1(CN)CCCC1. The summed E-state index contributed by atoms with van der Waals surface area (Å²) in [6.45, 7) is 2.41. The van der Waals surface area contributed by atoms with E-state index in [0.29, 0.717) is 23.7 Å². The van der Waals surface area contributed by atoms with Gasteiger partial charge in [-0.2, -0.15) is 0 Å². The largest absolute Gasteiger partial charge is 0.462 e. The van der Waals surface area contributed by atoms with E-state index >= 15 is 0 Å². The molecule has 1 amide bonds. The van der Waals surface area contributed by atoms with E-state index in [1.807, 2.05) is 0 Å². The number of esters is 1. The molecule has 1 aromatic rings. The molecule has 0 spiro atoms. The fourth-order valence-corrected chi connectivity index (χ4v) is 3.36. The maximum Gasteiger partial charge on any atom is 0.341 e. The molecule has 1 fully saturated rings. The molecule has 0 aliphatic heterocycles. The van der Waals surface area contributed by atoms with Crippen LogP contribution in [0.25, 0.3) is 0 Å². The smallest absolute Gasteiger partial charge is 0.341 e. The zero-order chi connectivity index (χ0) is 14.6. The van der Waals surface area contributed by atoms with E-state index in [-0.39, 0.29) is 5.91 Å². The normalized spacial score (nSPS) is 16.9. The molecule has 0 atom stereocenters. The van der Waals surface area contributed by atoms with Crippen molar-refractivity contribution in [2.75, 3.05) is 18.5 Å². The summed E-state index contributed by atoms with van der Waals surface area (Å²) in [5.74, 6) is -0.484. The van der Waals surface area contributed by atoms with Crippen molar-refractivity contribution in [2.45, 2.75) is 32.6 Å². The minimum Gasteiger partial charge on any atom is -0.462 e. The van der Waals surface area contributed by atoms with Crippen molar-refractivity contribution in [3.63, 3.8) is 0 Å². The van der Waals surface area contributed by atoms with Gasteiger partial charge in [0.25, 0.3) is 0 Å². The summed E-state index contributed by atoms with van der Waals surface area (Å²) in [6.07, 6.45) is 3.69. The Morgan fingerprint density at radius 1 is 1.45 bits per heavy atom. The molecule has 0 bridgehead atoms. The Morgan fingerprint density at radius 3 is 2.75 bits per heavy atom. The van der Waals surface area contributed by atoms with E-state index in [1.54, 1.807) is 18.4 Å². The van der Waals surface area contributed by atoms with Crippen LogP contribution in [0.3, 0.4) is 0 Å². The van der Waals surface area contributed by atoms with Gasteiger partial charge in [-0.3, -0.25) is 4.79 Å². The molecule has 6 heteroatoms. The molecule has 3 N–H and O–H groups in total. The van der Waals surface area contributed by atoms with Gasteiger partial charge in [-0.25, -0.2) is 4.79 Å². The van der Waals surface area contributed by atoms with Crippen LogP contribution in [0, 0.1) is 5.41 Å². The lowest BCUT2D eigenvalue weighted by Gasteiger charge is -2.25. The number of rotatable bonds is 5. The Morgan fingerprint density at radius 2 is 2.15 bits per heavy atom. The number of carbonyl (C=O) groups excluding carboxylic acids is 2. The zero-order valence-corrected chi connectivity index (χ0v) is 12.4. The van der Waals surface area contributed by atoms with Crippen LogP contribution < -0.4 is 11.1 Å². The van der Waals surface area contributed by atoms with E-state index in [2.05, 4.69) is 5.32 Å². The Kier molecular flexibility index (Phi) is 4.77. The van der Waals surface area contributed by atoms with Crippen LogP contribution in [-0.2, 0) is 9.53 Å². The molecule has 1 aliphatic carbocycles. The van der Waals surface area contributed by atoms with Crippen molar-refractivity contribution < 1.29 is 14.3 Å². The monoisotopic (exact) mass is 296 g/mol. The number of anilines is 1. The van der Waals surface area contributed by atoms with Crippen molar-refractivity contribution in [3.05, 3.63) is 17.0 Å². The van der Waals surface area contributed by atoms with Crippen LogP contribution in [0.5, 0.6) is 0 Å². The van der Waals surface area contributed by atoms with Crippen LogP contribution in [0.1, 0.15) is 43.0 Å². The Balaban J connectivity index is 2.12. The van der Waals surface area contributed by atoms with Gasteiger partial charge < -0.3 is 15.8 Å². The van der Waals surface area contributed by atoms with Gasteiger partial charge in [-0.05, 0) is 31.2 Å². The molecule has 1 saturated carbocycles. The molecule has 0 aromatic carbocycles. The van der Waals surface area contributed by atoms with Crippen LogP contribution in [0.15, 0.2) is 11.4 Å². The lowest BCUT2D eigenvalue weighted by molar-refractivity contribution is -0.124. The van der Waals surface area contributed by atoms with Crippen molar-refractivity contribution >= 4 is 28.2 Å². The molecule has 20 heavy (non-hydrogen) atoms. The minimum absolute atomic E-state index is 0.0782. The zero-order valence-electron chi connectivity index (χ0n) is 11.6. The summed E-state index contributed by atoms with van der Waals surface area (Å²) >= 11 is 1.33. The third-order valence-corrected chi connectivity index (χ3v) is 4.65. The second-order valence-corrected chi connectivity index (χ2v) is 5.95.